The highest BCUT2D eigenvalue weighted by Crippen LogP contribution is 2.10. The zero-order valence-corrected chi connectivity index (χ0v) is 9.37. The maximum absolute atomic E-state index is 12.6. The third kappa shape index (κ3) is 2.86. The van der Waals surface area contributed by atoms with Crippen LogP contribution < -0.4 is 0 Å². The first-order chi connectivity index (χ1) is 7.36. The molecule has 0 aromatic heterocycles. The smallest absolute Gasteiger partial charge is 0.183 e. The first kappa shape index (κ1) is 12.8. The van der Waals surface area contributed by atoms with Gasteiger partial charge in [0.15, 0.2) is 15.6 Å². The normalized spacial score (nSPS) is 13.4. The maximum atomic E-state index is 12.6. The van der Waals surface area contributed by atoms with Crippen LogP contribution in [0.5, 0.6) is 0 Å². The topological polar surface area (TPSA) is 71.4 Å². The number of hydrogen-bond acceptors (Lipinski definition) is 4. The molecule has 1 aromatic rings. The highest BCUT2D eigenvalue weighted by Gasteiger charge is 2.28. The number of ketones is 1. The molecule has 0 aliphatic carbocycles. The Morgan fingerprint density at radius 1 is 1.38 bits per heavy atom. The molecule has 16 heavy (non-hydrogen) atoms. The molecule has 0 heterocycles. The lowest BCUT2D eigenvalue weighted by Gasteiger charge is -2.10. The summed E-state index contributed by atoms with van der Waals surface area (Å²) in [5, 5.41) is 7.39. The Bertz CT molecular complexity index is 478. The number of hydrogen-bond donors (Lipinski definition) is 1. The first-order valence-corrected chi connectivity index (χ1v) is 6.41. The molecule has 0 aliphatic heterocycles. The minimum absolute atomic E-state index is 0.0610. The standard InChI is InChI=1S/C10H11FO4S/c1-16(14,15)9(6-12)10(13)7-2-4-8(11)5-3-7/h2-5,9,12H,6H2,1H3/t9-/m1/s1. The zero-order chi connectivity index (χ0) is 12.3. The third-order valence-electron chi connectivity index (χ3n) is 2.10. The van der Waals surface area contributed by atoms with Gasteiger partial charge in [-0.1, -0.05) is 0 Å². The molecule has 1 atom stereocenters. The maximum Gasteiger partial charge on any atom is 0.183 e. The van der Waals surface area contributed by atoms with E-state index in [1.54, 1.807) is 0 Å². The van der Waals surface area contributed by atoms with Crippen molar-refractivity contribution in [1.82, 2.24) is 0 Å². The summed E-state index contributed by atoms with van der Waals surface area (Å²) >= 11 is 0. The Hall–Kier alpha value is -1.27. The Kier molecular flexibility index (Phi) is 3.77. The Balaban J connectivity index is 3.06. The van der Waals surface area contributed by atoms with Gasteiger partial charge in [-0.25, -0.2) is 12.8 Å². The van der Waals surface area contributed by atoms with Gasteiger partial charge in [-0.3, -0.25) is 4.79 Å². The van der Waals surface area contributed by atoms with Gasteiger partial charge in [0.2, 0.25) is 0 Å². The second-order valence-corrected chi connectivity index (χ2v) is 5.60. The molecule has 0 saturated heterocycles. The number of aliphatic hydroxyl groups is 1. The summed E-state index contributed by atoms with van der Waals surface area (Å²) in [4.78, 5) is 11.7. The lowest BCUT2D eigenvalue weighted by atomic mass is 10.1. The number of rotatable bonds is 4. The van der Waals surface area contributed by atoms with E-state index in [9.17, 15) is 17.6 Å². The number of Topliss-reactive ketones (excluding diaryl/α,β-unsaturated/α-hetero) is 1. The highest BCUT2D eigenvalue weighted by molar-refractivity contribution is 7.92. The Labute approximate surface area is 92.6 Å². The van der Waals surface area contributed by atoms with Crippen molar-refractivity contribution in [3.63, 3.8) is 0 Å². The molecule has 0 spiro atoms. The minimum Gasteiger partial charge on any atom is -0.395 e. The van der Waals surface area contributed by atoms with Crippen LogP contribution in [0.4, 0.5) is 4.39 Å². The fourth-order valence-electron chi connectivity index (χ4n) is 1.21. The number of carbonyl (C=O) groups is 1. The SMILES string of the molecule is CS(=O)(=O)[C@H](CO)C(=O)c1ccc(F)cc1. The lowest BCUT2D eigenvalue weighted by molar-refractivity contribution is 0.0962. The van der Waals surface area contributed by atoms with Crippen LogP contribution in [-0.2, 0) is 9.84 Å². The van der Waals surface area contributed by atoms with E-state index in [0.29, 0.717) is 0 Å². The largest absolute Gasteiger partial charge is 0.395 e. The van der Waals surface area contributed by atoms with Crippen LogP contribution in [-0.4, -0.2) is 37.4 Å². The molecule has 0 amide bonds. The van der Waals surface area contributed by atoms with Crippen molar-refractivity contribution in [1.29, 1.82) is 0 Å². The number of sulfone groups is 1. The van der Waals surface area contributed by atoms with Crippen molar-refractivity contribution in [3.05, 3.63) is 35.6 Å². The van der Waals surface area contributed by atoms with E-state index in [1.807, 2.05) is 0 Å². The van der Waals surface area contributed by atoms with E-state index in [-0.39, 0.29) is 5.56 Å². The summed E-state index contributed by atoms with van der Waals surface area (Å²) in [6.07, 6.45) is 0.870. The van der Waals surface area contributed by atoms with Crippen LogP contribution in [0.25, 0.3) is 0 Å². The second-order valence-electron chi connectivity index (χ2n) is 3.37. The van der Waals surface area contributed by atoms with Gasteiger partial charge in [-0.2, -0.15) is 0 Å². The Morgan fingerprint density at radius 2 is 1.88 bits per heavy atom. The lowest BCUT2D eigenvalue weighted by Crippen LogP contribution is -2.33. The van der Waals surface area contributed by atoms with E-state index in [1.165, 1.54) is 12.1 Å². The molecule has 1 aromatic carbocycles. The van der Waals surface area contributed by atoms with Crippen molar-refractivity contribution in [2.45, 2.75) is 5.25 Å². The van der Waals surface area contributed by atoms with E-state index < -0.39 is 33.3 Å². The summed E-state index contributed by atoms with van der Waals surface area (Å²) in [6, 6.07) is 4.49. The van der Waals surface area contributed by atoms with Gasteiger partial charge in [0, 0.05) is 11.8 Å². The average molecular weight is 246 g/mol. The predicted octanol–water partition coefficient (Wildman–Crippen LogP) is 0.414. The predicted molar refractivity (Wildman–Crippen MR) is 56.4 cm³/mol. The van der Waals surface area contributed by atoms with Gasteiger partial charge < -0.3 is 5.11 Å². The van der Waals surface area contributed by atoms with Gasteiger partial charge >= 0.3 is 0 Å². The fourth-order valence-corrected chi connectivity index (χ4v) is 2.01. The number of halogens is 1. The molecule has 0 unspecified atom stereocenters. The van der Waals surface area contributed by atoms with Crippen molar-refractivity contribution in [2.24, 2.45) is 0 Å². The molecule has 0 saturated carbocycles. The quantitative estimate of drug-likeness (QED) is 0.781. The van der Waals surface area contributed by atoms with Crippen LogP contribution in [0.2, 0.25) is 0 Å². The molecule has 0 bridgehead atoms. The van der Waals surface area contributed by atoms with Crippen LogP contribution in [0.15, 0.2) is 24.3 Å². The third-order valence-corrected chi connectivity index (χ3v) is 3.50. The first-order valence-electron chi connectivity index (χ1n) is 4.45. The highest BCUT2D eigenvalue weighted by atomic mass is 32.2. The van der Waals surface area contributed by atoms with Crippen molar-refractivity contribution in [3.8, 4) is 0 Å². The molecule has 0 aliphatic rings. The van der Waals surface area contributed by atoms with Crippen LogP contribution >= 0.6 is 0 Å². The second kappa shape index (κ2) is 4.71. The average Bonchev–Trinajstić information content (AvgIpc) is 2.17. The molecule has 6 heteroatoms. The van der Waals surface area contributed by atoms with Crippen molar-refractivity contribution < 1.29 is 22.7 Å². The monoisotopic (exact) mass is 246 g/mol. The summed E-state index contributed by atoms with van der Waals surface area (Å²) in [7, 11) is -3.67. The molecule has 1 N–H and O–H groups in total. The summed E-state index contributed by atoms with van der Waals surface area (Å²) in [5.74, 6) is -1.25. The van der Waals surface area contributed by atoms with Crippen LogP contribution in [0.3, 0.4) is 0 Å². The van der Waals surface area contributed by atoms with Gasteiger partial charge in [0.1, 0.15) is 11.1 Å². The van der Waals surface area contributed by atoms with Crippen LogP contribution in [0.1, 0.15) is 10.4 Å². The summed E-state index contributed by atoms with van der Waals surface area (Å²) in [6.45, 7) is -0.783. The minimum atomic E-state index is -3.67. The van der Waals surface area contributed by atoms with E-state index in [0.717, 1.165) is 18.4 Å². The van der Waals surface area contributed by atoms with Gasteiger partial charge in [-0.05, 0) is 24.3 Å². The van der Waals surface area contributed by atoms with Crippen molar-refractivity contribution >= 4 is 15.6 Å². The van der Waals surface area contributed by atoms with Gasteiger partial charge in [0.05, 0.1) is 6.61 Å². The molecule has 88 valence electrons. The molecule has 0 fully saturated rings. The van der Waals surface area contributed by atoms with Gasteiger partial charge in [-0.15, -0.1) is 0 Å². The summed E-state index contributed by atoms with van der Waals surface area (Å²) < 4.78 is 35.0. The molecule has 0 radical (unpaired) electrons. The molecule has 4 nitrogen and oxygen atoms in total. The summed E-state index contributed by atoms with van der Waals surface area (Å²) in [5.41, 5.74) is 0.0610. The number of aliphatic hydroxyl groups excluding tert-OH is 1. The van der Waals surface area contributed by atoms with Gasteiger partial charge in [0.25, 0.3) is 0 Å². The Morgan fingerprint density at radius 3 is 2.25 bits per heavy atom. The van der Waals surface area contributed by atoms with E-state index >= 15 is 0 Å². The molecular weight excluding hydrogens is 235 g/mol. The van der Waals surface area contributed by atoms with E-state index in [2.05, 4.69) is 0 Å². The van der Waals surface area contributed by atoms with E-state index in [4.69, 9.17) is 5.11 Å². The van der Waals surface area contributed by atoms with Crippen molar-refractivity contribution in [2.75, 3.05) is 12.9 Å². The zero-order valence-electron chi connectivity index (χ0n) is 8.55. The number of carbonyl (C=O) groups excluding carboxylic acids is 1. The molecular formula is C10H11FO4S. The number of benzene rings is 1. The molecule has 1 rings (SSSR count). The fraction of sp³-hybridized carbons (Fsp3) is 0.300. The van der Waals surface area contributed by atoms with Crippen LogP contribution in [0, 0.1) is 5.82 Å².